The van der Waals surface area contributed by atoms with Crippen LogP contribution in [0.1, 0.15) is 49.2 Å². The molecule has 2 atom stereocenters. The minimum absolute atomic E-state index is 0.499. The van der Waals surface area contributed by atoms with Crippen LogP contribution in [0.15, 0.2) is 45.5 Å². The molecule has 0 aliphatic rings. The van der Waals surface area contributed by atoms with Gasteiger partial charge in [-0.1, -0.05) is 43.9 Å². The lowest BCUT2D eigenvalue weighted by Crippen LogP contribution is -2.01. The van der Waals surface area contributed by atoms with Crippen LogP contribution in [0.25, 0.3) is 0 Å². The quantitative estimate of drug-likeness (QED) is 0.741. The average molecular weight is 322 g/mol. The molecule has 2 rings (SSSR count). The molecule has 1 aromatic heterocycles. The summed E-state index contributed by atoms with van der Waals surface area (Å²) >= 11 is 1.50. The zero-order valence-corrected chi connectivity index (χ0v) is 14.2. The zero-order valence-electron chi connectivity index (χ0n) is 12.5. The minimum Gasteiger partial charge on any atom is -0.388 e. The highest BCUT2D eigenvalue weighted by atomic mass is 32.2. The molecule has 0 fully saturated rings. The number of unbranched alkanes of at least 4 members (excludes halogenated alkanes) is 2. The summed E-state index contributed by atoms with van der Waals surface area (Å²) in [6.45, 7) is 4.16. The second-order valence-electron chi connectivity index (χ2n) is 5.24. The summed E-state index contributed by atoms with van der Waals surface area (Å²) < 4.78 is 12.7. The van der Waals surface area contributed by atoms with Gasteiger partial charge in [0.1, 0.15) is 0 Å². The lowest BCUT2D eigenvalue weighted by molar-refractivity contribution is 0.164. The van der Waals surface area contributed by atoms with E-state index in [1.54, 1.807) is 0 Å². The Morgan fingerprint density at radius 3 is 2.57 bits per heavy atom. The first-order valence-corrected chi connectivity index (χ1v) is 9.40. The predicted molar refractivity (Wildman–Crippen MR) is 89.3 cm³/mol. The molecule has 114 valence electrons. The van der Waals surface area contributed by atoms with Crippen molar-refractivity contribution in [2.45, 2.75) is 55.4 Å². The van der Waals surface area contributed by atoms with E-state index in [2.05, 4.69) is 6.92 Å². The summed E-state index contributed by atoms with van der Waals surface area (Å²) in [5.74, 6) is 0. The van der Waals surface area contributed by atoms with Crippen LogP contribution in [0.4, 0.5) is 0 Å². The van der Waals surface area contributed by atoms with E-state index in [9.17, 15) is 9.32 Å². The Kier molecular flexibility index (Phi) is 6.15. The molecule has 1 heterocycles. The number of aryl methyl sites for hydroxylation is 1. The molecule has 1 N–H and O–H groups in total. The van der Waals surface area contributed by atoms with E-state index in [4.69, 9.17) is 0 Å². The third-order valence-electron chi connectivity index (χ3n) is 3.48. The number of thiophene rings is 1. The normalized spacial score (nSPS) is 14.0. The fourth-order valence-electron chi connectivity index (χ4n) is 2.21. The second-order valence-corrected chi connectivity index (χ2v) is 7.64. The molecule has 2 nitrogen and oxygen atoms in total. The molecule has 0 saturated heterocycles. The van der Waals surface area contributed by atoms with Crippen molar-refractivity contribution >= 4 is 22.1 Å². The standard InChI is InChI=1S/C17H22O2S2/c1-3-4-5-6-15(18)17-16(11-12-20-17)21(19)14-9-7-13(2)8-10-14/h7-12,15,18H,3-6H2,1-2H3/t15-,21?/m0/s1. The molecule has 0 aliphatic heterocycles. The molecule has 0 saturated carbocycles. The molecule has 2 aromatic rings. The van der Waals surface area contributed by atoms with E-state index in [0.717, 1.165) is 45.9 Å². The van der Waals surface area contributed by atoms with Gasteiger partial charge in [-0.05, 0) is 36.9 Å². The molecule has 21 heavy (non-hydrogen) atoms. The maximum absolute atomic E-state index is 12.7. The molecule has 0 amide bonds. The third-order valence-corrected chi connectivity index (χ3v) is 6.08. The number of benzene rings is 1. The smallest absolute Gasteiger partial charge is 0.0894 e. The van der Waals surface area contributed by atoms with Gasteiger partial charge in [-0.15, -0.1) is 11.3 Å². The summed E-state index contributed by atoms with van der Waals surface area (Å²) in [4.78, 5) is 2.40. The molecule has 0 radical (unpaired) electrons. The van der Waals surface area contributed by atoms with Crippen molar-refractivity contribution in [1.82, 2.24) is 0 Å². The van der Waals surface area contributed by atoms with Crippen molar-refractivity contribution in [3.05, 3.63) is 46.2 Å². The fraction of sp³-hybridized carbons (Fsp3) is 0.412. The van der Waals surface area contributed by atoms with Crippen molar-refractivity contribution < 1.29 is 9.32 Å². The first kappa shape index (κ1) is 16.4. The predicted octanol–water partition coefficient (Wildman–Crippen LogP) is 4.84. The van der Waals surface area contributed by atoms with Gasteiger partial charge in [-0.25, -0.2) is 4.21 Å². The van der Waals surface area contributed by atoms with Gasteiger partial charge in [-0.2, -0.15) is 0 Å². The van der Waals surface area contributed by atoms with E-state index >= 15 is 0 Å². The van der Waals surface area contributed by atoms with E-state index in [-0.39, 0.29) is 0 Å². The van der Waals surface area contributed by atoms with Crippen molar-refractivity contribution in [1.29, 1.82) is 0 Å². The minimum atomic E-state index is -1.21. The Hall–Kier alpha value is -0.970. The molecule has 0 aliphatic carbocycles. The molecule has 1 unspecified atom stereocenters. The summed E-state index contributed by atoms with van der Waals surface area (Å²) in [5.41, 5.74) is 1.15. The first-order chi connectivity index (χ1) is 10.1. The Morgan fingerprint density at radius 2 is 1.90 bits per heavy atom. The molecule has 0 spiro atoms. The number of hydrogen-bond donors (Lipinski definition) is 1. The van der Waals surface area contributed by atoms with Crippen LogP contribution in [0.2, 0.25) is 0 Å². The van der Waals surface area contributed by atoms with E-state index in [1.165, 1.54) is 11.3 Å². The highest BCUT2D eigenvalue weighted by Gasteiger charge is 2.19. The second kappa shape index (κ2) is 7.87. The van der Waals surface area contributed by atoms with Crippen LogP contribution in [0.3, 0.4) is 0 Å². The Labute approximate surface area is 133 Å². The van der Waals surface area contributed by atoms with E-state index in [1.807, 2.05) is 42.6 Å². The lowest BCUT2D eigenvalue weighted by Gasteiger charge is -2.11. The number of aliphatic hydroxyl groups is 1. The lowest BCUT2D eigenvalue weighted by atomic mass is 10.1. The number of hydrogen-bond acceptors (Lipinski definition) is 3. The van der Waals surface area contributed by atoms with Gasteiger partial charge in [-0.3, -0.25) is 0 Å². The highest BCUT2D eigenvalue weighted by Crippen LogP contribution is 2.32. The van der Waals surface area contributed by atoms with Gasteiger partial charge >= 0.3 is 0 Å². The van der Waals surface area contributed by atoms with E-state index < -0.39 is 16.9 Å². The maximum Gasteiger partial charge on any atom is 0.0894 e. The summed E-state index contributed by atoms with van der Waals surface area (Å²) in [6.07, 6.45) is 3.51. The molecular weight excluding hydrogens is 300 g/mol. The van der Waals surface area contributed by atoms with Gasteiger partial charge in [0.2, 0.25) is 0 Å². The average Bonchev–Trinajstić information content (AvgIpc) is 2.97. The van der Waals surface area contributed by atoms with Gasteiger partial charge in [0.15, 0.2) is 0 Å². The van der Waals surface area contributed by atoms with Gasteiger partial charge < -0.3 is 5.11 Å². The number of rotatable bonds is 7. The molecule has 0 bridgehead atoms. The molecule has 4 heteroatoms. The van der Waals surface area contributed by atoms with Crippen molar-refractivity contribution in [2.75, 3.05) is 0 Å². The fourth-order valence-corrected chi connectivity index (χ4v) is 4.63. The van der Waals surface area contributed by atoms with Crippen LogP contribution in [0.5, 0.6) is 0 Å². The monoisotopic (exact) mass is 322 g/mol. The van der Waals surface area contributed by atoms with Crippen molar-refractivity contribution in [3.63, 3.8) is 0 Å². The Morgan fingerprint density at radius 1 is 1.19 bits per heavy atom. The van der Waals surface area contributed by atoms with Gasteiger partial charge in [0.05, 0.1) is 21.8 Å². The van der Waals surface area contributed by atoms with Crippen molar-refractivity contribution in [3.8, 4) is 0 Å². The van der Waals surface area contributed by atoms with Gasteiger partial charge in [0, 0.05) is 9.77 Å². The number of aliphatic hydroxyl groups excluding tert-OH is 1. The largest absolute Gasteiger partial charge is 0.388 e. The SMILES string of the molecule is CCCCC[C@H](O)c1sccc1S(=O)c1ccc(C)cc1. The van der Waals surface area contributed by atoms with Crippen LogP contribution in [-0.4, -0.2) is 9.32 Å². The van der Waals surface area contributed by atoms with Gasteiger partial charge in [0.25, 0.3) is 0 Å². The summed E-state index contributed by atoms with van der Waals surface area (Å²) in [6, 6.07) is 9.61. The Bertz CT molecular complexity index is 587. The third kappa shape index (κ3) is 4.25. The first-order valence-electron chi connectivity index (χ1n) is 7.37. The van der Waals surface area contributed by atoms with Crippen LogP contribution >= 0.6 is 11.3 Å². The molecule has 1 aromatic carbocycles. The highest BCUT2D eigenvalue weighted by molar-refractivity contribution is 7.85. The summed E-state index contributed by atoms with van der Waals surface area (Å²) in [7, 11) is -1.21. The van der Waals surface area contributed by atoms with Crippen LogP contribution < -0.4 is 0 Å². The van der Waals surface area contributed by atoms with Crippen LogP contribution in [-0.2, 0) is 10.8 Å². The summed E-state index contributed by atoms with van der Waals surface area (Å²) in [5, 5.41) is 12.2. The van der Waals surface area contributed by atoms with Crippen LogP contribution in [0, 0.1) is 6.92 Å². The Balaban J connectivity index is 2.15. The maximum atomic E-state index is 12.7. The van der Waals surface area contributed by atoms with E-state index in [0.29, 0.717) is 0 Å². The molecular formula is C17H22O2S2. The zero-order chi connectivity index (χ0) is 15.2. The topological polar surface area (TPSA) is 37.3 Å². The van der Waals surface area contributed by atoms with Crippen molar-refractivity contribution in [2.24, 2.45) is 0 Å².